The van der Waals surface area contributed by atoms with E-state index in [1.54, 1.807) is 12.2 Å². The minimum atomic E-state index is -2.37. The first kappa shape index (κ1) is 11.3. The van der Waals surface area contributed by atoms with Crippen LogP contribution in [0.25, 0.3) is 0 Å². The first-order valence-electron chi connectivity index (χ1n) is 3.48. The SMILES string of the molecule is CO[Si](C)(C=C(C)C(=O)O)OC. The molecule has 0 spiro atoms. The Hall–Kier alpha value is -0.653. The van der Waals surface area contributed by atoms with Gasteiger partial charge in [-0.3, -0.25) is 0 Å². The zero-order valence-electron chi connectivity index (χ0n) is 7.75. The summed E-state index contributed by atoms with van der Waals surface area (Å²) in [6.45, 7) is 3.30. The van der Waals surface area contributed by atoms with Crippen LogP contribution in [0.1, 0.15) is 6.92 Å². The predicted molar refractivity (Wildman–Crippen MR) is 47.0 cm³/mol. The van der Waals surface area contributed by atoms with E-state index < -0.39 is 14.5 Å². The Morgan fingerprint density at radius 3 is 2.08 bits per heavy atom. The van der Waals surface area contributed by atoms with Gasteiger partial charge >= 0.3 is 14.5 Å². The molecule has 1 N–H and O–H groups in total. The maximum Gasteiger partial charge on any atom is 0.361 e. The molecule has 0 saturated heterocycles. The highest BCUT2D eigenvalue weighted by molar-refractivity contribution is 6.71. The van der Waals surface area contributed by atoms with Crippen LogP contribution in [0, 0.1) is 0 Å². The number of carboxylic acid groups (broad SMARTS) is 1. The standard InChI is InChI=1S/C7H14O4Si/c1-6(7(8)9)5-12(4,10-2)11-3/h5H,1-4H3,(H,8,9). The number of aliphatic carboxylic acids is 1. The topological polar surface area (TPSA) is 55.8 Å². The Labute approximate surface area is 73.0 Å². The van der Waals surface area contributed by atoms with Gasteiger partial charge in [-0.1, -0.05) is 0 Å². The molecule has 0 fully saturated rings. The van der Waals surface area contributed by atoms with Crippen molar-refractivity contribution >= 4 is 14.5 Å². The summed E-state index contributed by atoms with van der Waals surface area (Å²) in [5, 5.41) is 8.58. The third kappa shape index (κ3) is 3.16. The third-order valence-electron chi connectivity index (χ3n) is 1.63. The molecular weight excluding hydrogens is 176 g/mol. The first-order chi connectivity index (χ1) is 5.45. The fraction of sp³-hybridized carbons (Fsp3) is 0.571. The summed E-state index contributed by atoms with van der Waals surface area (Å²) < 4.78 is 10.2. The van der Waals surface area contributed by atoms with Crippen molar-refractivity contribution in [2.75, 3.05) is 14.2 Å². The van der Waals surface area contributed by atoms with Gasteiger partial charge in [0.15, 0.2) is 0 Å². The molecule has 0 rings (SSSR count). The fourth-order valence-corrected chi connectivity index (χ4v) is 1.97. The summed E-state index contributed by atoms with van der Waals surface area (Å²) in [7, 11) is 0.664. The number of hydrogen-bond donors (Lipinski definition) is 1. The Morgan fingerprint density at radius 2 is 1.83 bits per heavy atom. The van der Waals surface area contributed by atoms with E-state index in [1.165, 1.54) is 21.1 Å². The van der Waals surface area contributed by atoms with Crippen molar-refractivity contribution in [2.24, 2.45) is 0 Å². The average Bonchev–Trinajstić information content (AvgIpc) is 2.04. The van der Waals surface area contributed by atoms with Gasteiger partial charge in [0.1, 0.15) is 0 Å². The molecule has 4 nitrogen and oxygen atoms in total. The number of rotatable bonds is 4. The Kier molecular flexibility index (Phi) is 4.15. The molecule has 0 bridgehead atoms. The van der Waals surface area contributed by atoms with Gasteiger partial charge in [-0.05, 0) is 19.2 Å². The van der Waals surface area contributed by atoms with Gasteiger partial charge < -0.3 is 14.0 Å². The molecule has 5 heteroatoms. The molecule has 70 valence electrons. The highest BCUT2D eigenvalue weighted by Crippen LogP contribution is 2.09. The smallest absolute Gasteiger partial charge is 0.361 e. The van der Waals surface area contributed by atoms with Gasteiger partial charge in [-0.2, -0.15) is 0 Å². The zero-order valence-corrected chi connectivity index (χ0v) is 8.75. The second-order valence-electron chi connectivity index (χ2n) is 2.56. The van der Waals surface area contributed by atoms with E-state index >= 15 is 0 Å². The van der Waals surface area contributed by atoms with E-state index in [2.05, 4.69) is 0 Å². The number of hydrogen-bond acceptors (Lipinski definition) is 3. The molecule has 0 aliphatic rings. The number of carboxylic acids is 1. The van der Waals surface area contributed by atoms with Crippen LogP contribution >= 0.6 is 0 Å². The van der Waals surface area contributed by atoms with Crippen LogP contribution in [0.3, 0.4) is 0 Å². The largest absolute Gasteiger partial charge is 0.478 e. The van der Waals surface area contributed by atoms with Crippen LogP contribution in [-0.4, -0.2) is 33.9 Å². The van der Waals surface area contributed by atoms with E-state index in [0.29, 0.717) is 0 Å². The van der Waals surface area contributed by atoms with Crippen LogP contribution in [0.15, 0.2) is 11.3 Å². The average molecular weight is 190 g/mol. The van der Waals surface area contributed by atoms with Crippen molar-refractivity contribution in [3.05, 3.63) is 11.3 Å². The lowest BCUT2D eigenvalue weighted by molar-refractivity contribution is -0.132. The lowest BCUT2D eigenvalue weighted by atomic mass is 10.4. The summed E-state index contributed by atoms with van der Waals surface area (Å²) >= 11 is 0. The molecule has 0 radical (unpaired) electrons. The highest BCUT2D eigenvalue weighted by Gasteiger charge is 2.26. The van der Waals surface area contributed by atoms with Crippen molar-refractivity contribution in [3.63, 3.8) is 0 Å². The Bertz CT molecular complexity index is 196. The van der Waals surface area contributed by atoms with Gasteiger partial charge in [0.25, 0.3) is 0 Å². The van der Waals surface area contributed by atoms with E-state index in [9.17, 15) is 4.79 Å². The van der Waals surface area contributed by atoms with Gasteiger partial charge in [0.05, 0.1) is 0 Å². The quantitative estimate of drug-likeness (QED) is 0.529. The fourth-order valence-electron chi connectivity index (χ4n) is 0.656. The van der Waals surface area contributed by atoms with Crippen LogP contribution in [-0.2, 0) is 13.6 Å². The normalized spacial score (nSPS) is 13.2. The Balaban J connectivity index is 4.57. The van der Waals surface area contributed by atoms with Crippen molar-refractivity contribution in [3.8, 4) is 0 Å². The second-order valence-corrected chi connectivity index (χ2v) is 5.69. The molecule has 0 heterocycles. The molecule has 0 amide bonds. The van der Waals surface area contributed by atoms with Crippen LogP contribution in [0.5, 0.6) is 0 Å². The molecule has 0 aromatic carbocycles. The monoisotopic (exact) mass is 190 g/mol. The summed E-state index contributed by atoms with van der Waals surface area (Å²) in [5.41, 5.74) is 1.81. The molecule has 0 aromatic rings. The van der Waals surface area contributed by atoms with Crippen molar-refractivity contribution in [1.82, 2.24) is 0 Å². The molecule has 0 aromatic heterocycles. The highest BCUT2D eigenvalue weighted by atomic mass is 28.4. The minimum absolute atomic E-state index is 0.257. The van der Waals surface area contributed by atoms with E-state index in [0.717, 1.165) is 0 Å². The van der Waals surface area contributed by atoms with Crippen molar-refractivity contribution in [2.45, 2.75) is 13.5 Å². The maximum absolute atomic E-state index is 10.5. The lowest BCUT2D eigenvalue weighted by Gasteiger charge is -2.18. The van der Waals surface area contributed by atoms with Crippen molar-refractivity contribution < 1.29 is 18.8 Å². The summed E-state index contributed by atoms with van der Waals surface area (Å²) in [5.74, 6) is -0.942. The Morgan fingerprint density at radius 1 is 1.42 bits per heavy atom. The minimum Gasteiger partial charge on any atom is -0.478 e. The van der Waals surface area contributed by atoms with Crippen LogP contribution in [0.2, 0.25) is 6.55 Å². The molecule has 12 heavy (non-hydrogen) atoms. The summed E-state index contributed by atoms with van der Waals surface area (Å²) in [4.78, 5) is 10.5. The third-order valence-corrected chi connectivity index (χ3v) is 4.21. The van der Waals surface area contributed by atoms with Crippen LogP contribution in [0.4, 0.5) is 0 Å². The van der Waals surface area contributed by atoms with E-state index in [-0.39, 0.29) is 5.57 Å². The first-order valence-corrected chi connectivity index (χ1v) is 5.87. The molecular formula is C7H14O4Si. The van der Waals surface area contributed by atoms with Gasteiger partial charge in [0, 0.05) is 19.8 Å². The molecule has 0 aliphatic heterocycles. The van der Waals surface area contributed by atoms with Gasteiger partial charge in [-0.25, -0.2) is 4.79 Å². The van der Waals surface area contributed by atoms with Crippen LogP contribution < -0.4 is 0 Å². The van der Waals surface area contributed by atoms with E-state index in [4.69, 9.17) is 14.0 Å². The summed E-state index contributed by atoms with van der Waals surface area (Å²) in [6, 6.07) is 0. The maximum atomic E-state index is 10.5. The predicted octanol–water partition coefficient (Wildman–Crippen LogP) is 0.921. The summed E-state index contributed by atoms with van der Waals surface area (Å²) in [6.07, 6.45) is 0. The lowest BCUT2D eigenvalue weighted by Crippen LogP contribution is -2.34. The molecule has 0 atom stereocenters. The van der Waals surface area contributed by atoms with Gasteiger partial charge in [-0.15, -0.1) is 0 Å². The second kappa shape index (κ2) is 4.39. The number of carbonyl (C=O) groups is 1. The van der Waals surface area contributed by atoms with Gasteiger partial charge in [0.2, 0.25) is 0 Å². The zero-order chi connectivity index (χ0) is 9.78. The molecule has 0 aliphatic carbocycles. The van der Waals surface area contributed by atoms with E-state index in [1.807, 2.05) is 0 Å². The molecule has 0 saturated carbocycles. The van der Waals surface area contributed by atoms with Crippen molar-refractivity contribution in [1.29, 1.82) is 0 Å². The molecule has 0 unspecified atom stereocenters.